The van der Waals surface area contributed by atoms with E-state index in [0.29, 0.717) is 4.75 Å². The number of carbonyl (C=O) groups is 1. The molecule has 1 heterocycles. The summed E-state index contributed by atoms with van der Waals surface area (Å²) in [6.45, 7) is 9.67. The highest BCUT2D eigenvalue weighted by Crippen LogP contribution is 2.30. The Labute approximate surface area is 115 Å². The van der Waals surface area contributed by atoms with Crippen molar-refractivity contribution in [3.63, 3.8) is 0 Å². The van der Waals surface area contributed by atoms with Crippen molar-refractivity contribution in [1.82, 2.24) is 4.90 Å². The zero-order chi connectivity index (χ0) is 13.6. The second-order valence-corrected chi connectivity index (χ2v) is 7.04. The van der Waals surface area contributed by atoms with E-state index in [1.165, 1.54) is 19.3 Å². The molecule has 1 aliphatic heterocycles. The molecule has 3 nitrogen and oxygen atoms in total. The predicted octanol–water partition coefficient (Wildman–Crippen LogP) is 2.71. The van der Waals surface area contributed by atoms with Gasteiger partial charge < -0.3 is 4.74 Å². The van der Waals surface area contributed by atoms with Crippen molar-refractivity contribution in [2.24, 2.45) is 0 Å². The number of hydrogen-bond donors (Lipinski definition) is 0. The van der Waals surface area contributed by atoms with Crippen molar-refractivity contribution in [3.8, 4) is 0 Å². The molecule has 0 N–H and O–H groups in total. The molecule has 18 heavy (non-hydrogen) atoms. The second kappa shape index (κ2) is 7.19. The first-order chi connectivity index (χ1) is 8.48. The van der Waals surface area contributed by atoms with Crippen molar-refractivity contribution in [1.29, 1.82) is 0 Å². The highest BCUT2D eigenvalue weighted by atomic mass is 32.2. The third kappa shape index (κ3) is 5.02. The Kier molecular flexibility index (Phi) is 6.22. The minimum absolute atomic E-state index is 0.193. The van der Waals surface area contributed by atoms with Gasteiger partial charge in [0.05, 0.1) is 7.11 Å². The van der Waals surface area contributed by atoms with Gasteiger partial charge in [0.25, 0.3) is 0 Å². The molecule has 0 radical (unpaired) electrons. The van der Waals surface area contributed by atoms with Crippen LogP contribution in [0.2, 0.25) is 0 Å². The van der Waals surface area contributed by atoms with E-state index in [2.05, 4.69) is 18.7 Å². The maximum Gasteiger partial charge on any atom is 0.333 e. The molecule has 0 bridgehead atoms. The average Bonchev–Trinajstić information content (AvgIpc) is 2.51. The Bertz CT molecular complexity index is 313. The highest BCUT2D eigenvalue weighted by molar-refractivity contribution is 8.00. The molecule has 0 saturated carbocycles. The molecule has 0 spiro atoms. The molecule has 1 fully saturated rings. The quantitative estimate of drug-likeness (QED) is 0.581. The Morgan fingerprint density at radius 1 is 1.44 bits per heavy atom. The summed E-state index contributed by atoms with van der Waals surface area (Å²) in [5, 5.41) is 0. The lowest BCUT2D eigenvalue weighted by molar-refractivity contribution is -0.136. The van der Waals surface area contributed by atoms with E-state index < -0.39 is 0 Å². The van der Waals surface area contributed by atoms with Crippen LogP contribution < -0.4 is 0 Å². The van der Waals surface area contributed by atoms with E-state index in [0.717, 1.165) is 31.6 Å². The first-order valence-corrected chi connectivity index (χ1v) is 7.60. The third-order valence-electron chi connectivity index (χ3n) is 3.35. The van der Waals surface area contributed by atoms with Crippen molar-refractivity contribution >= 4 is 17.7 Å². The summed E-state index contributed by atoms with van der Waals surface area (Å²) in [6, 6.07) is 0. The topological polar surface area (TPSA) is 29.5 Å². The summed E-state index contributed by atoms with van der Waals surface area (Å²) in [4.78, 5) is 13.9. The summed E-state index contributed by atoms with van der Waals surface area (Å²) >= 11 is 2.04. The number of methoxy groups -OCH3 is 1. The van der Waals surface area contributed by atoms with Crippen LogP contribution in [0.4, 0.5) is 0 Å². The van der Waals surface area contributed by atoms with Gasteiger partial charge in [0, 0.05) is 29.2 Å². The standard InChI is InChI=1S/C14H25NO2S/c1-5-12(13(16)17-4)6-8-15-9-7-14(2,3)18-11-10-15/h6H,5,7-11H2,1-4H3. The number of carbonyl (C=O) groups excluding carboxylic acids is 1. The van der Waals surface area contributed by atoms with Crippen LogP contribution in [0, 0.1) is 0 Å². The fraction of sp³-hybridized carbons (Fsp3) is 0.786. The molecule has 104 valence electrons. The summed E-state index contributed by atoms with van der Waals surface area (Å²) in [7, 11) is 1.44. The Balaban J connectivity index is 2.52. The van der Waals surface area contributed by atoms with Gasteiger partial charge in [-0.15, -0.1) is 0 Å². The fourth-order valence-corrected chi connectivity index (χ4v) is 3.13. The number of nitrogens with zero attached hydrogens (tertiary/aromatic N) is 1. The minimum atomic E-state index is -0.193. The lowest BCUT2D eigenvalue weighted by Crippen LogP contribution is -2.27. The van der Waals surface area contributed by atoms with Crippen molar-refractivity contribution in [2.45, 2.75) is 38.4 Å². The lowest BCUT2D eigenvalue weighted by atomic mass is 10.1. The van der Waals surface area contributed by atoms with Gasteiger partial charge >= 0.3 is 5.97 Å². The third-order valence-corrected chi connectivity index (χ3v) is 4.73. The molecule has 0 amide bonds. The van der Waals surface area contributed by atoms with Crippen LogP contribution in [0.5, 0.6) is 0 Å². The molecule has 0 aromatic rings. The molecule has 0 aromatic heterocycles. The first-order valence-electron chi connectivity index (χ1n) is 6.62. The zero-order valence-electron chi connectivity index (χ0n) is 12.0. The molecule has 0 aliphatic carbocycles. The van der Waals surface area contributed by atoms with Gasteiger partial charge in [0.15, 0.2) is 0 Å². The smallest absolute Gasteiger partial charge is 0.333 e. The van der Waals surface area contributed by atoms with Crippen LogP contribution in [-0.2, 0) is 9.53 Å². The molecule has 0 aromatic carbocycles. The number of rotatable bonds is 4. The van der Waals surface area contributed by atoms with Crippen molar-refractivity contribution < 1.29 is 9.53 Å². The van der Waals surface area contributed by atoms with Crippen molar-refractivity contribution in [3.05, 3.63) is 11.6 Å². The Morgan fingerprint density at radius 3 is 2.78 bits per heavy atom. The number of ether oxygens (including phenoxy) is 1. The molecule has 0 atom stereocenters. The highest BCUT2D eigenvalue weighted by Gasteiger charge is 2.23. The van der Waals surface area contributed by atoms with Gasteiger partial charge in [0.2, 0.25) is 0 Å². The van der Waals surface area contributed by atoms with Crippen LogP contribution in [-0.4, -0.2) is 48.1 Å². The normalized spacial score (nSPS) is 21.4. The lowest BCUT2D eigenvalue weighted by Gasteiger charge is -2.22. The number of hydrogen-bond acceptors (Lipinski definition) is 4. The largest absolute Gasteiger partial charge is 0.466 e. The monoisotopic (exact) mass is 271 g/mol. The van der Waals surface area contributed by atoms with Gasteiger partial charge in [-0.1, -0.05) is 26.8 Å². The first kappa shape index (κ1) is 15.6. The molecular weight excluding hydrogens is 246 g/mol. The van der Waals surface area contributed by atoms with Gasteiger partial charge in [-0.25, -0.2) is 4.79 Å². The summed E-state index contributed by atoms with van der Waals surface area (Å²) in [5.74, 6) is 0.975. The van der Waals surface area contributed by atoms with E-state index in [9.17, 15) is 4.79 Å². The summed E-state index contributed by atoms with van der Waals surface area (Å²) in [6.07, 6.45) is 3.96. The van der Waals surface area contributed by atoms with E-state index in [4.69, 9.17) is 4.74 Å². The Morgan fingerprint density at radius 2 is 2.17 bits per heavy atom. The summed E-state index contributed by atoms with van der Waals surface area (Å²) in [5.41, 5.74) is 0.786. The van der Waals surface area contributed by atoms with Crippen LogP contribution in [0.15, 0.2) is 11.6 Å². The van der Waals surface area contributed by atoms with Gasteiger partial charge in [-0.3, -0.25) is 4.90 Å². The average molecular weight is 271 g/mol. The molecule has 1 saturated heterocycles. The van der Waals surface area contributed by atoms with E-state index >= 15 is 0 Å². The van der Waals surface area contributed by atoms with Crippen LogP contribution in [0.3, 0.4) is 0 Å². The van der Waals surface area contributed by atoms with Gasteiger partial charge in [-0.2, -0.15) is 11.8 Å². The number of esters is 1. The van der Waals surface area contributed by atoms with Gasteiger partial charge in [0.1, 0.15) is 0 Å². The van der Waals surface area contributed by atoms with Gasteiger partial charge in [-0.05, 0) is 19.4 Å². The fourth-order valence-electron chi connectivity index (χ4n) is 1.99. The SMILES string of the molecule is CCC(=CCN1CCSC(C)(C)CC1)C(=O)OC. The summed E-state index contributed by atoms with van der Waals surface area (Å²) < 4.78 is 5.15. The number of thioether (sulfide) groups is 1. The molecule has 1 aliphatic rings. The van der Waals surface area contributed by atoms with E-state index in [-0.39, 0.29) is 5.97 Å². The minimum Gasteiger partial charge on any atom is -0.466 e. The maximum atomic E-state index is 11.5. The van der Waals surface area contributed by atoms with Crippen LogP contribution >= 0.6 is 11.8 Å². The Hall–Kier alpha value is -0.480. The van der Waals surface area contributed by atoms with E-state index in [1.807, 2.05) is 24.8 Å². The second-order valence-electron chi connectivity index (χ2n) is 5.23. The molecular formula is C14H25NO2S. The predicted molar refractivity (Wildman–Crippen MR) is 78.0 cm³/mol. The van der Waals surface area contributed by atoms with E-state index in [1.54, 1.807) is 0 Å². The van der Waals surface area contributed by atoms with Crippen LogP contribution in [0.1, 0.15) is 33.6 Å². The molecule has 0 unspecified atom stereocenters. The molecule has 1 rings (SSSR count). The maximum absolute atomic E-state index is 11.5. The zero-order valence-corrected chi connectivity index (χ0v) is 12.8. The van der Waals surface area contributed by atoms with Crippen molar-refractivity contribution in [2.75, 3.05) is 32.5 Å². The van der Waals surface area contributed by atoms with Crippen LogP contribution in [0.25, 0.3) is 0 Å². The molecule has 4 heteroatoms.